The molecule has 0 saturated carbocycles. The van der Waals surface area contributed by atoms with Crippen molar-refractivity contribution in [2.75, 3.05) is 20.2 Å². The number of rotatable bonds is 3. The molecular formula is C11H15N2O. The number of likely N-dealkylation sites (tertiary alicyclic amines) is 1. The number of nitrogens with zero attached hydrogens (tertiary/aromatic N) is 2. The highest BCUT2D eigenvalue weighted by atomic mass is 16.5. The van der Waals surface area contributed by atoms with Gasteiger partial charge in [0.2, 0.25) is 0 Å². The van der Waals surface area contributed by atoms with E-state index in [1.807, 2.05) is 6.07 Å². The Morgan fingerprint density at radius 2 is 2.64 bits per heavy atom. The molecule has 0 aromatic carbocycles. The summed E-state index contributed by atoms with van der Waals surface area (Å²) < 4.78 is 5.31. The third-order valence-electron chi connectivity index (χ3n) is 2.62. The normalized spacial score (nSPS) is 22.8. The first-order valence-corrected chi connectivity index (χ1v) is 4.95. The monoisotopic (exact) mass is 191 g/mol. The molecule has 3 nitrogen and oxygen atoms in total. The van der Waals surface area contributed by atoms with Gasteiger partial charge in [-0.25, -0.2) is 0 Å². The Balaban J connectivity index is 1.88. The van der Waals surface area contributed by atoms with Crippen molar-refractivity contribution in [1.82, 2.24) is 9.88 Å². The minimum absolute atomic E-state index is 0.409. The maximum absolute atomic E-state index is 5.31. The molecule has 3 heteroatoms. The predicted molar refractivity (Wildman–Crippen MR) is 53.8 cm³/mol. The number of hydrogen-bond acceptors (Lipinski definition) is 3. The van der Waals surface area contributed by atoms with E-state index >= 15 is 0 Å². The van der Waals surface area contributed by atoms with Crippen molar-refractivity contribution < 1.29 is 4.74 Å². The van der Waals surface area contributed by atoms with E-state index in [0.29, 0.717) is 6.10 Å². The third-order valence-corrected chi connectivity index (χ3v) is 2.62. The fourth-order valence-electron chi connectivity index (χ4n) is 1.82. The van der Waals surface area contributed by atoms with E-state index in [-0.39, 0.29) is 0 Å². The summed E-state index contributed by atoms with van der Waals surface area (Å²) in [6.45, 7) is 3.08. The Hall–Kier alpha value is -0.930. The molecule has 0 spiro atoms. The second-order valence-electron chi connectivity index (χ2n) is 3.66. The van der Waals surface area contributed by atoms with Crippen LogP contribution in [0.1, 0.15) is 12.0 Å². The van der Waals surface area contributed by atoms with Gasteiger partial charge >= 0.3 is 0 Å². The van der Waals surface area contributed by atoms with Gasteiger partial charge < -0.3 is 4.74 Å². The summed E-state index contributed by atoms with van der Waals surface area (Å²) in [6.07, 6.45) is 6.30. The molecule has 2 heterocycles. The molecule has 1 aliphatic heterocycles. The molecule has 75 valence electrons. The van der Waals surface area contributed by atoms with Crippen molar-refractivity contribution in [1.29, 1.82) is 0 Å². The van der Waals surface area contributed by atoms with Crippen LogP contribution in [-0.2, 0) is 11.3 Å². The first-order chi connectivity index (χ1) is 6.88. The van der Waals surface area contributed by atoms with Crippen LogP contribution in [0.2, 0.25) is 0 Å². The molecule has 1 radical (unpaired) electrons. The summed E-state index contributed by atoms with van der Waals surface area (Å²) in [4.78, 5) is 6.36. The van der Waals surface area contributed by atoms with E-state index in [0.717, 1.165) is 31.6 Å². The molecule has 2 rings (SSSR count). The van der Waals surface area contributed by atoms with E-state index in [2.05, 4.69) is 22.1 Å². The molecule has 1 fully saturated rings. The zero-order chi connectivity index (χ0) is 9.80. The largest absolute Gasteiger partial charge is 0.380 e. The summed E-state index contributed by atoms with van der Waals surface area (Å²) in [6, 6.07) is 4.02. The molecule has 1 aromatic heterocycles. The second kappa shape index (κ2) is 4.53. The van der Waals surface area contributed by atoms with Gasteiger partial charge in [-0.15, -0.1) is 0 Å². The van der Waals surface area contributed by atoms with Gasteiger partial charge in [0.05, 0.1) is 12.3 Å². The summed E-state index contributed by atoms with van der Waals surface area (Å²) in [5.41, 5.74) is 1.16. The zero-order valence-corrected chi connectivity index (χ0v) is 8.44. The molecule has 0 amide bonds. The van der Waals surface area contributed by atoms with E-state index < -0.39 is 0 Å². The lowest BCUT2D eigenvalue weighted by Crippen LogP contribution is -2.22. The first-order valence-electron chi connectivity index (χ1n) is 4.95. The Bertz CT molecular complexity index is 276. The van der Waals surface area contributed by atoms with Gasteiger partial charge in [0, 0.05) is 32.9 Å². The molecule has 0 bridgehead atoms. The molecule has 1 saturated heterocycles. The van der Waals surface area contributed by atoms with Crippen LogP contribution in [0.25, 0.3) is 0 Å². The molecule has 1 aliphatic rings. The number of aromatic nitrogens is 1. The van der Waals surface area contributed by atoms with Crippen molar-refractivity contribution in [2.24, 2.45) is 0 Å². The highest BCUT2D eigenvalue weighted by Crippen LogP contribution is 2.14. The van der Waals surface area contributed by atoms with Gasteiger partial charge in [-0.1, -0.05) is 6.07 Å². The topological polar surface area (TPSA) is 25.4 Å². The number of ether oxygens (including phenoxy) is 1. The van der Waals surface area contributed by atoms with Crippen LogP contribution >= 0.6 is 0 Å². The summed E-state index contributed by atoms with van der Waals surface area (Å²) in [5, 5.41) is 0. The molecule has 0 aliphatic carbocycles. The predicted octanol–water partition coefficient (Wildman–Crippen LogP) is 1.10. The highest BCUT2D eigenvalue weighted by molar-refractivity contribution is 5.07. The quantitative estimate of drug-likeness (QED) is 0.715. The molecule has 1 atom stereocenters. The number of hydrogen-bond donors (Lipinski definition) is 0. The lowest BCUT2D eigenvalue weighted by molar-refractivity contribution is 0.107. The van der Waals surface area contributed by atoms with Crippen LogP contribution in [0.4, 0.5) is 0 Å². The maximum atomic E-state index is 5.31. The van der Waals surface area contributed by atoms with Gasteiger partial charge in [-0.05, 0) is 18.1 Å². The Kier molecular flexibility index (Phi) is 3.11. The highest BCUT2D eigenvalue weighted by Gasteiger charge is 2.21. The Labute approximate surface area is 84.7 Å². The number of methoxy groups -OCH3 is 1. The lowest BCUT2D eigenvalue weighted by atomic mass is 10.3. The van der Waals surface area contributed by atoms with Gasteiger partial charge in [-0.3, -0.25) is 9.88 Å². The van der Waals surface area contributed by atoms with Crippen LogP contribution in [-0.4, -0.2) is 36.2 Å². The van der Waals surface area contributed by atoms with Crippen LogP contribution in [0.5, 0.6) is 0 Å². The number of pyridine rings is 1. The molecule has 14 heavy (non-hydrogen) atoms. The molecular weight excluding hydrogens is 176 g/mol. The van der Waals surface area contributed by atoms with Crippen molar-refractivity contribution in [3.63, 3.8) is 0 Å². The van der Waals surface area contributed by atoms with Crippen LogP contribution in [0, 0.1) is 6.20 Å². The average Bonchev–Trinajstić information content (AvgIpc) is 2.67. The zero-order valence-electron chi connectivity index (χ0n) is 8.44. The van der Waals surface area contributed by atoms with Gasteiger partial charge in [0.25, 0.3) is 0 Å². The van der Waals surface area contributed by atoms with Crippen molar-refractivity contribution in [3.05, 3.63) is 30.1 Å². The summed E-state index contributed by atoms with van der Waals surface area (Å²) >= 11 is 0. The van der Waals surface area contributed by atoms with E-state index in [1.54, 1.807) is 13.3 Å². The minimum atomic E-state index is 0.409. The fraction of sp³-hybridized carbons (Fsp3) is 0.545. The maximum Gasteiger partial charge on any atom is 0.0934 e. The van der Waals surface area contributed by atoms with E-state index in [4.69, 9.17) is 4.74 Å². The van der Waals surface area contributed by atoms with Crippen molar-refractivity contribution >= 4 is 0 Å². The van der Waals surface area contributed by atoms with Gasteiger partial charge in [0.15, 0.2) is 0 Å². The fourth-order valence-corrected chi connectivity index (χ4v) is 1.82. The molecule has 0 N–H and O–H groups in total. The minimum Gasteiger partial charge on any atom is -0.380 e. The molecule has 1 aromatic rings. The van der Waals surface area contributed by atoms with E-state index in [1.165, 1.54) is 0 Å². The van der Waals surface area contributed by atoms with Gasteiger partial charge in [0.1, 0.15) is 0 Å². The SMILES string of the molecule is COC1CCN(Cc2[c]nccc2)C1. The van der Waals surface area contributed by atoms with Gasteiger partial charge in [-0.2, -0.15) is 0 Å². The standard InChI is InChI=1S/C11H15N2O/c1-14-11-4-6-13(9-11)8-10-3-2-5-12-7-10/h2-3,5,11H,4,6,8-9H2,1H3. The van der Waals surface area contributed by atoms with Crippen molar-refractivity contribution in [3.8, 4) is 0 Å². The second-order valence-corrected chi connectivity index (χ2v) is 3.66. The Morgan fingerprint density at radius 1 is 1.71 bits per heavy atom. The van der Waals surface area contributed by atoms with Crippen LogP contribution in [0.15, 0.2) is 18.3 Å². The summed E-state index contributed by atoms with van der Waals surface area (Å²) in [5.74, 6) is 0. The van der Waals surface area contributed by atoms with Crippen molar-refractivity contribution in [2.45, 2.75) is 19.1 Å². The molecule has 1 unspecified atom stereocenters. The lowest BCUT2D eigenvalue weighted by Gasteiger charge is -2.14. The first kappa shape index (κ1) is 9.62. The average molecular weight is 191 g/mol. The van der Waals surface area contributed by atoms with Crippen LogP contribution < -0.4 is 0 Å². The smallest absolute Gasteiger partial charge is 0.0934 e. The summed E-state index contributed by atoms with van der Waals surface area (Å²) in [7, 11) is 1.78. The Morgan fingerprint density at radius 3 is 3.29 bits per heavy atom. The van der Waals surface area contributed by atoms with E-state index in [9.17, 15) is 0 Å². The van der Waals surface area contributed by atoms with Crippen LogP contribution in [0.3, 0.4) is 0 Å². The third kappa shape index (κ3) is 2.30.